The van der Waals surface area contributed by atoms with Gasteiger partial charge in [-0.1, -0.05) is 30.3 Å². The molecule has 6 nitrogen and oxygen atoms in total. The van der Waals surface area contributed by atoms with Gasteiger partial charge in [0.05, 0.1) is 11.7 Å². The molecule has 0 saturated heterocycles. The first-order valence-corrected chi connectivity index (χ1v) is 10.6. The van der Waals surface area contributed by atoms with Gasteiger partial charge in [-0.05, 0) is 81.0 Å². The van der Waals surface area contributed by atoms with Crippen molar-refractivity contribution >= 4 is 40.5 Å². The van der Waals surface area contributed by atoms with Crippen LogP contribution in [0.15, 0.2) is 72.8 Å². The van der Waals surface area contributed by atoms with Crippen LogP contribution >= 0.6 is 12.2 Å². The summed E-state index contributed by atoms with van der Waals surface area (Å²) in [6, 6.07) is 21.4. The lowest BCUT2D eigenvalue weighted by molar-refractivity contribution is 0.0970. The Morgan fingerprint density at radius 3 is 2.25 bits per heavy atom. The van der Waals surface area contributed by atoms with Crippen LogP contribution in [0.1, 0.15) is 40.1 Å². The SMILES string of the molecule is Cc1cc(NC(=S)NC(=O)c2ccccc2OC(C)C)ccc1NC(=O)c1ccccc1. The summed E-state index contributed by atoms with van der Waals surface area (Å²) < 4.78 is 5.70. The zero-order chi connectivity index (χ0) is 23.1. The molecule has 0 unspecified atom stereocenters. The first-order chi connectivity index (χ1) is 15.3. The van der Waals surface area contributed by atoms with E-state index in [1.54, 1.807) is 42.5 Å². The number of rotatable bonds is 6. The van der Waals surface area contributed by atoms with Crippen molar-refractivity contribution in [3.05, 3.63) is 89.5 Å². The van der Waals surface area contributed by atoms with E-state index in [0.717, 1.165) is 5.56 Å². The number of carbonyl (C=O) groups excluding carboxylic acids is 2. The van der Waals surface area contributed by atoms with E-state index in [4.69, 9.17) is 17.0 Å². The number of aryl methyl sites for hydroxylation is 1. The predicted octanol–water partition coefficient (Wildman–Crippen LogP) is 5.16. The number of amides is 2. The average Bonchev–Trinajstić information content (AvgIpc) is 2.76. The van der Waals surface area contributed by atoms with Gasteiger partial charge in [-0.3, -0.25) is 14.9 Å². The Bertz CT molecular complexity index is 1130. The van der Waals surface area contributed by atoms with Crippen molar-refractivity contribution in [2.24, 2.45) is 0 Å². The Morgan fingerprint density at radius 1 is 0.875 bits per heavy atom. The van der Waals surface area contributed by atoms with Crippen molar-refractivity contribution in [3.8, 4) is 5.75 Å². The van der Waals surface area contributed by atoms with E-state index in [1.165, 1.54) is 0 Å². The third-order valence-electron chi connectivity index (χ3n) is 4.49. The van der Waals surface area contributed by atoms with Gasteiger partial charge < -0.3 is 15.4 Å². The molecule has 2 amide bonds. The standard InChI is InChI=1S/C25H25N3O3S/c1-16(2)31-22-12-8-7-11-20(22)24(30)28-25(32)26-19-13-14-21(17(3)15-19)27-23(29)18-9-5-4-6-10-18/h4-16H,1-3H3,(H,27,29)(H2,26,28,30,32). The molecule has 0 bridgehead atoms. The number of thiocarbonyl (C=S) groups is 1. The topological polar surface area (TPSA) is 79.5 Å². The van der Waals surface area contributed by atoms with E-state index in [0.29, 0.717) is 28.3 Å². The van der Waals surface area contributed by atoms with Crippen molar-refractivity contribution in [3.63, 3.8) is 0 Å². The van der Waals surface area contributed by atoms with Gasteiger partial charge in [0, 0.05) is 16.9 Å². The van der Waals surface area contributed by atoms with Crippen molar-refractivity contribution < 1.29 is 14.3 Å². The fourth-order valence-corrected chi connectivity index (χ4v) is 3.22. The van der Waals surface area contributed by atoms with Crippen LogP contribution in [0.5, 0.6) is 5.75 Å². The number of hydrogen-bond acceptors (Lipinski definition) is 4. The maximum absolute atomic E-state index is 12.7. The molecule has 0 saturated carbocycles. The highest BCUT2D eigenvalue weighted by Gasteiger charge is 2.15. The van der Waals surface area contributed by atoms with E-state index >= 15 is 0 Å². The lowest BCUT2D eigenvalue weighted by Gasteiger charge is -2.15. The number of ether oxygens (including phenoxy) is 1. The number of para-hydroxylation sites is 1. The average molecular weight is 448 g/mol. The van der Waals surface area contributed by atoms with Gasteiger partial charge in [0.15, 0.2) is 5.11 Å². The predicted molar refractivity (Wildman–Crippen MR) is 131 cm³/mol. The Kier molecular flexibility index (Phi) is 7.57. The Hall–Kier alpha value is -3.71. The van der Waals surface area contributed by atoms with Crippen LogP contribution in [-0.2, 0) is 0 Å². The molecule has 0 spiro atoms. The highest BCUT2D eigenvalue weighted by atomic mass is 32.1. The molecule has 0 atom stereocenters. The first kappa shape index (κ1) is 23.0. The summed E-state index contributed by atoms with van der Waals surface area (Å²) in [6.45, 7) is 5.68. The summed E-state index contributed by atoms with van der Waals surface area (Å²) in [6.07, 6.45) is -0.0575. The summed E-state index contributed by atoms with van der Waals surface area (Å²) in [7, 11) is 0. The summed E-state index contributed by atoms with van der Waals surface area (Å²) in [5.41, 5.74) is 3.22. The van der Waals surface area contributed by atoms with Gasteiger partial charge in [-0.15, -0.1) is 0 Å². The smallest absolute Gasteiger partial charge is 0.261 e. The van der Waals surface area contributed by atoms with Gasteiger partial charge in [-0.2, -0.15) is 0 Å². The summed E-state index contributed by atoms with van der Waals surface area (Å²) >= 11 is 5.30. The van der Waals surface area contributed by atoms with Crippen molar-refractivity contribution in [2.45, 2.75) is 26.9 Å². The quantitative estimate of drug-likeness (QED) is 0.455. The zero-order valence-electron chi connectivity index (χ0n) is 18.1. The third-order valence-corrected chi connectivity index (χ3v) is 4.69. The summed E-state index contributed by atoms with van der Waals surface area (Å²) in [5, 5.41) is 8.74. The minimum atomic E-state index is -0.359. The van der Waals surface area contributed by atoms with Gasteiger partial charge in [0.2, 0.25) is 0 Å². The normalized spacial score (nSPS) is 10.4. The first-order valence-electron chi connectivity index (χ1n) is 10.2. The number of anilines is 2. The largest absolute Gasteiger partial charge is 0.490 e. The zero-order valence-corrected chi connectivity index (χ0v) is 19.0. The number of benzene rings is 3. The Labute approximate surface area is 193 Å². The lowest BCUT2D eigenvalue weighted by Crippen LogP contribution is -2.34. The maximum Gasteiger partial charge on any atom is 0.261 e. The van der Waals surface area contributed by atoms with Crippen molar-refractivity contribution in [2.75, 3.05) is 10.6 Å². The summed E-state index contributed by atoms with van der Waals surface area (Å²) in [5.74, 6) is -0.0427. The molecule has 0 aromatic heterocycles. The molecule has 0 aliphatic rings. The third kappa shape index (κ3) is 6.15. The molecule has 0 aliphatic carbocycles. The Morgan fingerprint density at radius 2 is 1.56 bits per heavy atom. The van der Waals surface area contributed by atoms with E-state index in [1.807, 2.05) is 51.1 Å². The molecule has 3 aromatic carbocycles. The highest BCUT2D eigenvalue weighted by molar-refractivity contribution is 7.80. The van der Waals surface area contributed by atoms with E-state index in [9.17, 15) is 9.59 Å². The van der Waals surface area contributed by atoms with Gasteiger partial charge in [-0.25, -0.2) is 0 Å². The molecule has 0 aliphatic heterocycles. The molecular formula is C25H25N3O3S. The fourth-order valence-electron chi connectivity index (χ4n) is 3.01. The molecule has 7 heteroatoms. The van der Waals surface area contributed by atoms with E-state index in [2.05, 4.69) is 16.0 Å². The Balaban J connectivity index is 1.63. The molecule has 3 rings (SSSR count). The second kappa shape index (κ2) is 10.5. The number of nitrogens with one attached hydrogen (secondary N) is 3. The number of hydrogen-bond donors (Lipinski definition) is 3. The van der Waals surface area contributed by atoms with Crippen LogP contribution in [0, 0.1) is 6.92 Å². The van der Waals surface area contributed by atoms with Gasteiger partial charge >= 0.3 is 0 Å². The second-order valence-corrected chi connectivity index (χ2v) is 7.83. The summed E-state index contributed by atoms with van der Waals surface area (Å²) in [4.78, 5) is 25.0. The van der Waals surface area contributed by atoms with Gasteiger partial charge in [0.1, 0.15) is 5.75 Å². The van der Waals surface area contributed by atoms with E-state index < -0.39 is 0 Å². The van der Waals surface area contributed by atoms with Crippen LogP contribution in [-0.4, -0.2) is 23.0 Å². The minimum absolute atomic E-state index is 0.0575. The van der Waals surface area contributed by atoms with Crippen LogP contribution in [0.4, 0.5) is 11.4 Å². The molecule has 0 radical (unpaired) electrons. The maximum atomic E-state index is 12.7. The minimum Gasteiger partial charge on any atom is -0.490 e. The molecule has 164 valence electrons. The molecule has 0 heterocycles. The molecule has 3 N–H and O–H groups in total. The molecule has 0 fully saturated rings. The fraction of sp³-hybridized carbons (Fsp3) is 0.160. The van der Waals surface area contributed by atoms with Gasteiger partial charge in [0.25, 0.3) is 11.8 Å². The molecule has 3 aromatic rings. The van der Waals surface area contributed by atoms with Crippen LogP contribution < -0.4 is 20.7 Å². The van der Waals surface area contributed by atoms with Crippen LogP contribution in [0.2, 0.25) is 0 Å². The van der Waals surface area contributed by atoms with Crippen molar-refractivity contribution in [1.29, 1.82) is 0 Å². The second-order valence-electron chi connectivity index (χ2n) is 7.42. The molecule has 32 heavy (non-hydrogen) atoms. The highest BCUT2D eigenvalue weighted by Crippen LogP contribution is 2.21. The van der Waals surface area contributed by atoms with Crippen LogP contribution in [0.25, 0.3) is 0 Å². The lowest BCUT2D eigenvalue weighted by atomic mass is 10.1. The van der Waals surface area contributed by atoms with Crippen molar-refractivity contribution in [1.82, 2.24) is 5.32 Å². The number of carbonyl (C=O) groups is 2. The molecular weight excluding hydrogens is 422 g/mol. The van der Waals surface area contributed by atoms with Crippen LogP contribution in [0.3, 0.4) is 0 Å². The monoisotopic (exact) mass is 447 g/mol. The van der Waals surface area contributed by atoms with E-state index in [-0.39, 0.29) is 23.0 Å².